The molecule has 2 heteroatoms. The Morgan fingerprint density at radius 1 is 1.05 bits per heavy atom. The first kappa shape index (κ1) is 14.6. The number of aryl methyl sites for hydroxylation is 3. The molecule has 0 aliphatic heterocycles. The van der Waals surface area contributed by atoms with E-state index < -0.39 is 0 Å². The number of hydrogen-bond acceptors (Lipinski definition) is 1. The van der Waals surface area contributed by atoms with Gasteiger partial charge < -0.3 is 5.32 Å². The van der Waals surface area contributed by atoms with Gasteiger partial charge in [-0.3, -0.25) is 0 Å². The molecule has 0 fully saturated rings. The molecule has 1 N–H and O–H groups in total. The van der Waals surface area contributed by atoms with Crippen molar-refractivity contribution >= 4 is 11.6 Å². The lowest BCUT2D eigenvalue weighted by atomic mass is 9.87. The highest BCUT2D eigenvalue weighted by Gasteiger charge is 2.18. The number of fused-ring (bicyclic) bond motifs is 1. The van der Waals surface area contributed by atoms with Crippen molar-refractivity contribution in [2.75, 3.05) is 7.05 Å². The van der Waals surface area contributed by atoms with Crippen LogP contribution < -0.4 is 5.32 Å². The zero-order valence-electron chi connectivity index (χ0n) is 12.7. The molecular weight excluding hydrogens is 278 g/mol. The topological polar surface area (TPSA) is 12.0 Å². The van der Waals surface area contributed by atoms with Gasteiger partial charge in [0.2, 0.25) is 0 Å². The summed E-state index contributed by atoms with van der Waals surface area (Å²) < 4.78 is 0. The van der Waals surface area contributed by atoms with Gasteiger partial charge in [0.15, 0.2) is 0 Å². The van der Waals surface area contributed by atoms with E-state index in [1.54, 1.807) is 0 Å². The Bertz CT molecular complexity index is 648. The quantitative estimate of drug-likeness (QED) is 0.855. The number of nitrogens with one attached hydrogen (secondary N) is 1. The highest BCUT2D eigenvalue weighted by Crippen LogP contribution is 2.32. The molecule has 0 heterocycles. The van der Waals surface area contributed by atoms with E-state index in [0.29, 0.717) is 0 Å². The van der Waals surface area contributed by atoms with E-state index in [1.165, 1.54) is 42.4 Å². The molecule has 3 rings (SSSR count). The predicted octanol–water partition coefficient (Wildman–Crippen LogP) is 4.84. The summed E-state index contributed by atoms with van der Waals surface area (Å²) in [4.78, 5) is 0. The SMILES string of the molecule is CNC(c1ccc2c(c1)CCCC2)c1cccc(C)c1Cl. The second-order valence-corrected chi connectivity index (χ2v) is 6.31. The van der Waals surface area contributed by atoms with E-state index >= 15 is 0 Å². The van der Waals surface area contributed by atoms with Crippen molar-refractivity contribution in [2.45, 2.75) is 38.6 Å². The maximum absolute atomic E-state index is 6.52. The summed E-state index contributed by atoms with van der Waals surface area (Å²) in [5.41, 5.74) is 6.64. The molecule has 1 unspecified atom stereocenters. The maximum Gasteiger partial charge on any atom is 0.0589 e. The summed E-state index contributed by atoms with van der Waals surface area (Å²) >= 11 is 6.52. The minimum Gasteiger partial charge on any atom is -0.309 e. The van der Waals surface area contributed by atoms with Crippen LogP contribution in [0.25, 0.3) is 0 Å². The molecule has 0 spiro atoms. The Labute approximate surface area is 132 Å². The van der Waals surface area contributed by atoms with Gasteiger partial charge in [-0.05, 0) is 67.5 Å². The molecule has 21 heavy (non-hydrogen) atoms. The second-order valence-electron chi connectivity index (χ2n) is 5.94. The van der Waals surface area contributed by atoms with Crippen LogP contribution in [0.1, 0.15) is 46.7 Å². The van der Waals surface area contributed by atoms with Crippen molar-refractivity contribution < 1.29 is 0 Å². The van der Waals surface area contributed by atoms with Gasteiger partial charge in [-0.2, -0.15) is 0 Å². The van der Waals surface area contributed by atoms with E-state index in [4.69, 9.17) is 11.6 Å². The first-order valence-electron chi connectivity index (χ1n) is 7.74. The van der Waals surface area contributed by atoms with Crippen LogP contribution in [0.5, 0.6) is 0 Å². The Hall–Kier alpha value is -1.31. The zero-order chi connectivity index (χ0) is 14.8. The lowest BCUT2D eigenvalue weighted by Crippen LogP contribution is -2.19. The van der Waals surface area contributed by atoms with Gasteiger partial charge in [-0.1, -0.05) is 48.0 Å². The van der Waals surface area contributed by atoms with E-state index in [0.717, 1.165) is 16.1 Å². The lowest BCUT2D eigenvalue weighted by Gasteiger charge is -2.23. The molecule has 2 aromatic rings. The van der Waals surface area contributed by atoms with Crippen LogP contribution in [0.4, 0.5) is 0 Å². The van der Waals surface area contributed by atoms with Gasteiger partial charge in [-0.25, -0.2) is 0 Å². The van der Waals surface area contributed by atoms with Crippen molar-refractivity contribution in [3.05, 3.63) is 69.2 Å². The monoisotopic (exact) mass is 299 g/mol. The molecule has 1 atom stereocenters. The van der Waals surface area contributed by atoms with E-state index in [9.17, 15) is 0 Å². The van der Waals surface area contributed by atoms with E-state index in [1.807, 2.05) is 7.05 Å². The molecule has 1 nitrogen and oxygen atoms in total. The lowest BCUT2D eigenvalue weighted by molar-refractivity contribution is 0.668. The van der Waals surface area contributed by atoms with Gasteiger partial charge in [0.1, 0.15) is 0 Å². The number of hydrogen-bond donors (Lipinski definition) is 1. The van der Waals surface area contributed by atoms with Crippen molar-refractivity contribution in [3.63, 3.8) is 0 Å². The fourth-order valence-corrected chi connectivity index (χ4v) is 3.56. The minimum atomic E-state index is 0.157. The molecule has 0 amide bonds. The van der Waals surface area contributed by atoms with Crippen LogP contribution in [0, 0.1) is 6.92 Å². The molecular formula is C19H22ClN. The van der Waals surface area contributed by atoms with Crippen molar-refractivity contribution in [1.29, 1.82) is 0 Å². The molecule has 0 saturated carbocycles. The fraction of sp³-hybridized carbons (Fsp3) is 0.368. The summed E-state index contributed by atoms with van der Waals surface area (Å²) in [6.07, 6.45) is 5.07. The summed E-state index contributed by atoms with van der Waals surface area (Å²) in [6.45, 7) is 2.06. The molecule has 0 bridgehead atoms. The largest absolute Gasteiger partial charge is 0.309 e. The van der Waals surface area contributed by atoms with Crippen LogP contribution >= 0.6 is 11.6 Å². The summed E-state index contributed by atoms with van der Waals surface area (Å²) in [5, 5.41) is 4.30. The van der Waals surface area contributed by atoms with Crippen molar-refractivity contribution in [1.82, 2.24) is 5.32 Å². The molecule has 110 valence electrons. The smallest absolute Gasteiger partial charge is 0.0589 e. The zero-order valence-corrected chi connectivity index (χ0v) is 13.5. The van der Waals surface area contributed by atoms with Gasteiger partial charge in [0, 0.05) is 5.02 Å². The number of halogens is 1. The van der Waals surface area contributed by atoms with Crippen LogP contribution in [-0.2, 0) is 12.8 Å². The van der Waals surface area contributed by atoms with E-state index in [2.05, 4.69) is 48.6 Å². The third-order valence-corrected chi connectivity index (χ3v) is 5.04. The predicted molar refractivity (Wildman–Crippen MR) is 90.2 cm³/mol. The molecule has 0 radical (unpaired) electrons. The Balaban J connectivity index is 2.02. The summed E-state index contributed by atoms with van der Waals surface area (Å²) in [5.74, 6) is 0. The van der Waals surface area contributed by atoms with Gasteiger partial charge >= 0.3 is 0 Å². The molecule has 0 aromatic heterocycles. The van der Waals surface area contributed by atoms with Crippen LogP contribution in [0.2, 0.25) is 5.02 Å². The maximum atomic E-state index is 6.52. The standard InChI is InChI=1S/C19H22ClN/c1-13-6-5-9-17(18(13)20)19(21-2)16-11-10-14-7-3-4-8-15(14)12-16/h5-6,9-12,19,21H,3-4,7-8H2,1-2H3. The highest BCUT2D eigenvalue weighted by atomic mass is 35.5. The third kappa shape index (κ3) is 2.86. The van der Waals surface area contributed by atoms with E-state index in [-0.39, 0.29) is 6.04 Å². The number of rotatable bonds is 3. The normalized spacial score (nSPS) is 15.6. The van der Waals surface area contributed by atoms with Crippen LogP contribution in [0.3, 0.4) is 0 Å². The van der Waals surface area contributed by atoms with Gasteiger partial charge in [0.05, 0.1) is 6.04 Å². The fourth-order valence-electron chi connectivity index (χ4n) is 3.33. The average Bonchev–Trinajstić information content (AvgIpc) is 2.52. The third-order valence-electron chi connectivity index (χ3n) is 4.53. The summed E-state index contributed by atoms with van der Waals surface area (Å²) in [6, 6.07) is 13.3. The van der Waals surface area contributed by atoms with Crippen LogP contribution in [0.15, 0.2) is 36.4 Å². The van der Waals surface area contributed by atoms with Crippen molar-refractivity contribution in [2.24, 2.45) is 0 Å². The first-order chi connectivity index (χ1) is 10.2. The minimum absolute atomic E-state index is 0.157. The average molecular weight is 300 g/mol. The first-order valence-corrected chi connectivity index (χ1v) is 8.12. The summed E-state index contributed by atoms with van der Waals surface area (Å²) in [7, 11) is 2.00. The molecule has 2 aromatic carbocycles. The molecule has 1 aliphatic rings. The number of benzene rings is 2. The molecule has 1 aliphatic carbocycles. The van der Waals surface area contributed by atoms with Gasteiger partial charge in [-0.15, -0.1) is 0 Å². The van der Waals surface area contributed by atoms with Gasteiger partial charge in [0.25, 0.3) is 0 Å². The van der Waals surface area contributed by atoms with Crippen molar-refractivity contribution in [3.8, 4) is 0 Å². The Kier molecular flexibility index (Phi) is 4.32. The van der Waals surface area contributed by atoms with Crippen LogP contribution in [-0.4, -0.2) is 7.05 Å². The Morgan fingerprint density at radius 3 is 2.57 bits per heavy atom. The highest BCUT2D eigenvalue weighted by molar-refractivity contribution is 6.32. The second kappa shape index (κ2) is 6.21. The molecule has 0 saturated heterocycles. The Morgan fingerprint density at radius 2 is 1.81 bits per heavy atom.